The summed E-state index contributed by atoms with van der Waals surface area (Å²) >= 11 is 6.33. The number of fused-ring (bicyclic) bond motifs is 1. The molecule has 1 saturated heterocycles. The van der Waals surface area contributed by atoms with Crippen LogP contribution < -0.4 is 4.74 Å². The number of amides is 2. The van der Waals surface area contributed by atoms with Crippen molar-refractivity contribution in [3.63, 3.8) is 0 Å². The molecule has 1 aromatic carbocycles. The first-order valence-electron chi connectivity index (χ1n) is 9.04. The van der Waals surface area contributed by atoms with E-state index in [0.717, 1.165) is 0 Å². The predicted octanol–water partition coefficient (Wildman–Crippen LogP) is 1.26. The van der Waals surface area contributed by atoms with E-state index in [1.54, 1.807) is 0 Å². The number of carboxylic acids is 1. The van der Waals surface area contributed by atoms with Gasteiger partial charge in [0.2, 0.25) is 11.8 Å². The van der Waals surface area contributed by atoms with Crippen molar-refractivity contribution in [2.75, 3.05) is 26.7 Å². The number of hydrogen-bond acceptors (Lipinski definition) is 7. The normalized spacial score (nSPS) is 20.2. The van der Waals surface area contributed by atoms with E-state index in [0.29, 0.717) is 30.4 Å². The Morgan fingerprint density at radius 2 is 2.00 bits per heavy atom. The predicted molar refractivity (Wildman–Crippen MR) is 101 cm³/mol. The first-order valence-corrected chi connectivity index (χ1v) is 9.42. The quantitative estimate of drug-likeness (QED) is 0.323. The molecule has 10 nitrogen and oxygen atoms in total. The highest BCUT2D eigenvalue weighted by Gasteiger charge is 2.38. The van der Waals surface area contributed by atoms with Crippen molar-refractivity contribution in [1.29, 1.82) is 0 Å². The van der Waals surface area contributed by atoms with E-state index in [4.69, 9.17) is 21.4 Å². The lowest BCUT2D eigenvalue weighted by Crippen LogP contribution is -2.58. The molecular formula is C18H20ClN3O7. The van der Waals surface area contributed by atoms with Gasteiger partial charge >= 0.3 is 11.7 Å². The molecule has 2 aliphatic rings. The van der Waals surface area contributed by atoms with Gasteiger partial charge in [-0.2, -0.15) is 0 Å². The van der Waals surface area contributed by atoms with Crippen LogP contribution >= 0.6 is 11.6 Å². The second kappa shape index (κ2) is 8.34. The average molecular weight is 426 g/mol. The van der Waals surface area contributed by atoms with Gasteiger partial charge in [0.05, 0.1) is 36.7 Å². The summed E-state index contributed by atoms with van der Waals surface area (Å²) in [7, 11) is 1.35. The van der Waals surface area contributed by atoms with Crippen LogP contribution in [0, 0.1) is 10.1 Å². The molecular weight excluding hydrogens is 406 g/mol. The lowest BCUT2D eigenvalue weighted by Gasteiger charge is -2.36. The molecule has 0 aromatic heterocycles. The lowest BCUT2D eigenvalue weighted by atomic mass is 9.98. The van der Waals surface area contributed by atoms with E-state index in [-0.39, 0.29) is 42.5 Å². The Morgan fingerprint density at radius 3 is 2.55 bits per heavy atom. The Balaban J connectivity index is 1.90. The summed E-state index contributed by atoms with van der Waals surface area (Å²) in [5, 5.41) is 20.4. The zero-order valence-electron chi connectivity index (χ0n) is 15.7. The van der Waals surface area contributed by atoms with Gasteiger partial charge in [-0.05, 0) is 31.2 Å². The van der Waals surface area contributed by atoms with Crippen molar-refractivity contribution in [3.05, 3.63) is 32.3 Å². The number of ether oxygens (including phenoxy) is 1. The van der Waals surface area contributed by atoms with Crippen molar-refractivity contribution in [3.8, 4) is 5.75 Å². The lowest BCUT2D eigenvalue weighted by molar-refractivity contribution is -0.385. The average Bonchev–Trinajstić information content (AvgIpc) is 2.84. The summed E-state index contributed by atoms with van der Waals surface area (Å²) in [4.78, 5) is 49.3. The molecule has 1 atom stereocenters. The number of halogens is 1. The molecule has 11 heteroatoms. The van der Waals surface area contributed by atoms with Crippen molar-refractivity contribution >= 4 is 35.1 Å². The maximum absolute atomic E-state index is 12.6. The van der Waals surface area contributed by atoms with Crippen LogP contribution in [0.1, 0.15) is 24.0 Å². The van der Waals surface area contributed by atoms with Crippen molar-refractivity contribution in [2.45, 2.75) is 31.7 Å². The molecule has 29 heavy (non-hydrogen) atoms. The molecule has 1 aliphatic carbocycles. The van der Waals surface area contributed by atoms with E-state index < -0.39 is 28.7 Å². The minimum atomic E-state index is -1.11. The fourth-order valence-corrected chi connectivity index (χ4v) is 4.36. The van der Waals surface area contributed by atoms with E-state index >= 15 is 0 Å². The molecule has 2 amide bonds. The zero-order chi connectivity index (χ0) is 21.3. The molecule has 3 rings (SSSR count). The third-order valence-corrected chi connectivity index (χ3v) is 5.54. The van der Waals surface area contributed by atoms with Crippen LogP contribution in [0.5, 0.6) is 5.75 Å². The summed E-state index contributed by atoms with van der Waals surface area (Å²) in [6.07, 6.45) is 1.83. The highest BCUT2D eigenvalue weighted by Crippen LogP contribution is 2.41. The summed E-state index contributed by atoms with van der Waals surface area (Å²) in [5.74, 6) is -1.87. The zero-order valence-corrected chi connectivity index (χ0v) is 16.5. The van der Waals surface area contributed by atoms with Crippen molar-refractivity contribution in [1.82, 2.24) is 9.80 Å². The topological polar surface area (TPSA) is 130 Å². The molecule has 1 heterocycles. The molecule has 0 saturated carbocycles. The van der Waals surface area contributed by atoms with Gasteiger partial charge in [0.25, 0.3) is 0 Å². The Labute approximate surface area is 171 Å². The Kier molecular flexibility index (Phi) is 6.04. The number of carbonyl (C=O) groups is 3. The number of methoxy groups -OCH3 is 1. The number of carboxylic acid groups (broad SMARTS) is 1. The van der Waals surface area contributed by atoms with E-state index in [1.165, 1.54) is 23.0 Å². The monoisotopic (exact) mass is 425 g/mol. The van der Waals surface area contributed by atoms with Gasteiger partial charge in [-0.3, -0.25) is 34.3 Å². The fraction of sp³-hybridized carbons (Fsp3) is 0.500. The minimum Gasteiger partial charge on any atom is -0.490 e. The van der Waals surface area contributed by atoms with Gasteiger partial charge in [0, 0.05) is 17.7 Å². The van der Waals surface area contributed by atoms with E-state index in [9.17, 15) is 24.5 Å². The number of nitrogens with zero attached hydrogens (tertiary/aromatic N) is 3. The van der Waals surface area contributed by atoms with Crippen LogP contribution in [0.15, 0.2) is 6.07 Å². The highest BCUT2D eigenvalue weighted by atomic mass is 35.5. The van der Waals surface area contributed by atoms with Crippen molar-refractivity contribution in [2.24, 2.45) is 0 Å². The molecule has 0 bridgehead atoms. The second-order valence-electron chi connectivity index (χ2n) is 7.07. The van der Waals surface area contributed by atoms with Gasteiger partial charge in [-0.1, -0.05) is 11.6 Å². The molecule has 1 aromatic rings. The van der Waals surface area contributed by atoms with Crippen molar-refractivity contribution < 1.29 is 29.2 Å². The van der Waals surface area contributed by atoms with Crippen LogP contribution in [0.4, 0.5) is 5.69 Å². The van der Waals surface area contributed by atoms with Crippen LogP contribution in [-0.2, 0) is 27.2 Å². The number of imide groups is 1. The summed E-state index contributed by atoms with van der Waals surface area (Å²) < 4.78 is 5.28. The first-order chi connectivity index (χ1) is 13.7. The second-order valence-corrected chi connectivity index (χ2v) is 7.48. The van der Waals surface area contributed by atoms with Gasteiger partial charge in [-0.15, -0.1) is 0 Å². The molecule has 0 unspecified atom stereocenters. The Hall–Kier alpha value is -2.72. The Morgan fingerprint density at radius 1 is 1.34 bits per heavy atom. The van der Waals surface area contributed by atoms with Gasteiger partial charge in [0.1, 0.15) is 0 Å². The van der Waals surface area contributed by atoms with E-state index in [1.807, 2.05) is 0 Å². The number of carbonyl (C=O) groups excluding carboxylic acids is 2. The Bertz CT molecular complexity index is 871. The van der Waals surface area contributed by atoms with Crippen LogP contribution in [0.2, 0.25) is 5.02 Å². The molecule has 0 spiro atoms. The third kappa shape index (κ3) is 4.18. The molecule has 156 valence electrons. The SMILES string of the molecule is COc1c([N+](=O)[O-])cc(Cl)c2c1CCC[C@H](N1C(=O)CN(CC(=O)O)CC1=O)C2. The van der Waals surface area contributed by atoms with Crippen LogP contribution in [0.3, 0.4) is 0 Å². The number of aliphatic carboxylic acids is 1. The molecule has 0 radical (unpaired) electrons. The van der Waals surface area contributed by atoms with Crippen LogP contribution in [0.25, 0.3) is 0 Å². The van der Waals surface area contributed by atoms with Gasteiger partial charge in [-0.25, -0.2) is 0 Å². The van der Waals surface area contributed by atoms with Gasteiger partial charge < -0.3 is 9.84 Å². The largest absolute Gasteiger partial charge is 0.490 e. The molecule has 1 aliphatic heterocycles. The number of rotatable bonds is 5. The third-order valence-electron chi connectivity index (χ3n) is 5.21. The number of hydrogen-bond donors (Lipinski definition) is 1. The summed E-state index contributed by atoms with van der Waals surface area (Å²) in [6, 6.07) is 0.780. The number of benzene rings is 1. The maximum atomic E-state index is 12.6. The number of piperazine rings is 1. The fourth-order valence-electron chi connectivity index (χ4n) is 4.07. The number of nitro benzene ring substituents is 1. The first kappa shape index (κ1) is 21.0. The number of nitro groups is 1. The van der Waals surface area contributed by atoms with Gasteiger partial charge in [0.15, 0.2) is 5.75 Å². The summed E-state index contributed by atoms with van der Waals surface area (Å²) in [5.41, 5.74) is 1.04. The smallest absolute Gasteiger partial charge is 0.317 e. The molecule has 1 fully saturated rings. The highest BCUT2D eigenvalue weighted by molar-refractivity contribution is 6.31. The minimum absolute atomic E-state index is 0.152. The van der Waals surface area contributed by atoms with Crippen LogP contribution in [-0.4, -0.2) is 70.4 Å². The van der Waals surface area contributed by atoms with E-state index in [2.05, 4.69) is 0 Å². The molecule has 1 N–H and O–H groups in total. The standard InChI is InChI=1S/C18H20ClN3O7/c1-29-18-11-4-2-3-10(5-12(11)13(19)6-14(18)22(27)28)21-15(23)7-20(8-16(21)24)9-17(25)26/h6,10H,2-5,7-9H2,1H3,(H,25,26)/t10-/m0/s1. The summed E-state index contributed by atoms with van der Waals surface area (Å²) in [6.45, 7) is -0.692. The maximum Gasteiger partial charge on any atom is 0.317 e.